The van der Waals surface area contributed by atoms with Gasteiger partial charge in [0.1, 0.15) is 5.76 Å². The quantitative estimate of drug-likeness (QED) is 0.484. The molecule has 62 valence electrons. The van der Waals surface area contributed by atoms with Crippen molar-refractivity contribution in [1.82, 2.24) is 0 Å². The van der Waals surface area contributed by atoms with Gasteiger partial charge in [-0.1, -0.05) is 39.2 Å². The number of hydrogen-bond donors (Lipinski definition) is 1. The lowest BCUT2D eigenvalue weighted by molar-refractivity contribution is 0.408. The summed E-state index contributed by atoms with van der Waals surface area (Å²) in [6, 6.07) is 0. The van der Waals surface area contributed by atoms with Gasteiger partial charge in [0.15, 0.2) is 0 Å². The minimum absolute atomic E-state index is 0.152. The van der Waals surface area contributed by atoms with Crippen LogP contribution in [0.5, 0.6) is 0 Å². The van der Waals surface area contributed by atoms with E-state index in [9.17, 15) is 0 Å². The summed E-state index contributed by atoms with van der Waals surface area (Å²) >= 11 is 0. The average molecular weight is 152 g/mol. The minimum Gasteiger partial charge on any atom is -0.508 e. The van der Waals surface area contributed by atoms with Gasteiger partial charge in [-0.05, 0) is 17.9 Å². The number of rotatable bonds is 4. The van der Waals surface area contributed by atoms with E-state index in [1.165, 1.54) is 0 Å². The van der Waals surface area contributed by atoms with Crippen molar-refractivity contribution in [2.24, 2.45) is 5.92 Å². The Hall–Kier alpha value is -0.980. The van der Waals surface area contributed by atoms with E-state index < -0.39 is 0 Å². The summed E-state index contributed by atoms with van der Waals surface area (Å²) in [6.07, 6.45) is 4.47. The number of aliphatic hydroxyl groups excluding tert-OH is 1. The second-order valence-corrected chi connectivity index (χ2v) is 2.61. The van der Waals surface area contributed by atoms with E-state index in [-0.39, 0.29) is 5.76 Å². The molecule has 0 aliphatic rings. The standard InChI is InChI=1S/C10H16O/c1-5-7-10(9(4)11)8(3)6-2/h5,7-8,11H,1,4,6H2,2-3H3/b10-7-. The molecule has 1 nitrogen and oxygen atoms in total. The predicted octanol–water partition coefficient (Wildman–Crippen LogP) is 3.22. The van der Waals surface area contributed by atoms with Crippen molar-refractivity contribution in [3.8, 4) is 0 Å². The fourth-order valence-electron chi connectivity index (χ4n) is 0.892. The Morgan fingerprint density at radius 2 is 2.18 bits per heavy atom. The zero-order chi connectivity index (χ0) is 8.85. The summed E-state index contributed by atoms with van der Waals surface area (Å²) in [5.41, 5.74) is 0.877. The first-order valence-electron chi connectivity index (χ1n) is 3.84. The molecule has 0 radical (unpaired) electrons. The van der Waals surface area contributed by atoms with Gasteiger partial charge in [-0.2, -0.15) is 0 Å². The van der Waals surface area contributed by atoms with E-state index in [2.05, 4.69) is 27.0 Å². The van der Waals surface area contributed by atoms with E-state index in [1.54, 1.807) is 12.2 Å². The third-order valence-electron chi connectivity index (χ3n) is 1.77. The van der Waals surface area contributed by atoms with Gasteiger partial charge >= 0.3 is 0 Å². The molecular weight excluding hydrogens is 136 g/mol. The van der Waals surface area contributed by atoms with Gasteiger partial charge in [0.25, 0.3) is 0 Å². The fraction of sp³-hybridized carbons (Fsp3) is 0.400. The van der Waals surface area contributed by atoms with Crippen molar-refractivity contribution in [3.63, 3.8) is 0 Å². The van der Waals surface area contributed by atoms with Crippen molar-refractivity contribution in [1.29, 1.82) is 0 Å². The Morgan fingerprint density at radius 3 is 2.45 bits per heavy atom. The van der Waals surface area contributed by atoms with Crippen molar-refractivity contribution in [2.75, 3.05) is 0 Å². The van der Waals surface area contributed by atoms with E-state index in [1.807, 2.05) is 0 Å². The molecule has 0 aliphatic heterocycles. The van der Waals surface area contributed by atoms with Crippen molar-refractivity contribution in [2.45, 2.75) is 20.3 Å². The highest BCUT2D eigenvalue weighted by atomic mass is 16.3. The number of hydrogen-bond acceptors (Lipinski definition) is 1. The van der Waals surface area contributed by atoms with Gasteiger partial charge in [-0.15, -0.1) is 0 Å². The minimum atomic E-state index is 0.152. The molecule has 1 N–H and O–H groups in total. The highest BCUT2D eigenvalue weighted by Gasteiger charge is 2.07. The van der Waals surface area contributed by atoms with Crippen LogP contribution in [0.15, 0.2) is 36.6 Å². The van der Waals surface area contributed by atoms with Gasteiger partial charge in [0.2, 0.25) is 0 Å². The van der Waals surface area contributed by atoms with Crippen LogP contribution in [0.25, 0.3) is 0 Å². The molecule has 11 heavy (non-hydrogen) atoms. The largest absolute Gasteiger partial charge is 0.508 e. The summed E-state index contributed by atoms with van der Waals surface area (Å²) in [7, 11) is 0. The lowest BCUT2D eigenvalue weighted by atomic mass is 9.97. The molecule has 0 aromatic heterocycles. The molecule has 1 unspecified atom stereocenters. The summed E-state index contributed by atoms with van der Waals surface area (Å²) in [5, 5.41) is 9.13. The van der Waals surface area contributed by atoms with Crippen LogP contribution in [0, 0.1) is 5.92 Å². The van der Waals surface area contributed by atoms with Crippen LogP contribution in [0.4, 0.5) is 0 Å². The first-order valence-corrected chi connectivity index (χ1v) is 3.84. The van der Waals surface area contributed by atoms with Crippen LogP contribution in [-0.4, -0.2) is 5.11 Å². The van der Waals surface area contributed by atoms with Gasteiger partial charge in [0, 0.05) is 0 Å². The van der Waals surface area contributed by atoms with Crippen molar-refractivity contribution >= 4 is 0 Å². The van der Waals surface area contributed by atoms with Gasteiger partial charge in [-0.25, -0.2) is 0 Å². The highest BCUT2D eigenvalue weighted by molar-refractivity contribution is 5.27. The second kappa shape index (κ2) is 4.78. The molecule has 0 heterocycles. The Labute approximate surface area is 68.7 Å². The van der Waals surface area contributed by atoms with Crippen molar-refractivity contribution in [3.05, 3.63) is 36.6 Å². The van der Waals surface area contributed by atoms with Crippen LogP contribution in [0.2, 0.25) is 0 Å². The maximum absolute atomic E-state index is 9.13. The third-order valence-corrected chi connectivity index (χ3v) is 1.77. The Morgan fingerprint density at radius 1 is 1.64 bits per heavy atom. The topological polar surface area (TPSA) is 20.2 Å². The molecule has 0 aromatic rings. The maximum Gasteiger partial charge on any atom is 0.111 e. The molecule has 0 aromatic carbocycles. The first kappa shape index (κ1) is 10.0. The Kier molecular flexibility index (Phi) is 4.35. The molecule has 0 bridgehead atoms. The van der Waals surface area contributed by atoms with Gasteiger partial charge < -0.3 is 5.11 Å². The third kappa shape index (κ3) is 3.08. The van der Waals surface area contributed by atoms with E-state index in [0.29, 0.717) is 5.92 Å². The SMILES string of the molecule is C=C/C=C(\C(=C)O)C(C)CC. The van der Waals surface area contributed by atoms with E-state index in [4.69, 9.17) is 5.11 Å². The maximum atomic E-state index is 9.13. The molecular formula is C10H16O. The number of allylic oxidation sites excluding steroid dienone is 3. The zero-order valence-corrected chi connectivity index (χ0v) is 7.30. The lowest BCUT2D eigenvalue weighted by Crippen LogP contribution is -1.99. The fourth-order valence-corrected chi connectivity index (χ4v) is 0.892. The Balaban J connectivity index is 4.46. The van der Waals surface area contributed by atoms with E-state index in [0.717, 1.165) is 12.0 Å². The smallest absolute Gasteiger partial charge is 0.111 e. The molecule has 0 aliphatic carbocycles. The molecule has 0 amide bonds. The lowest BCUT2D eigenvalue weighted by Gasteiger charge is -2.11. The van der Waals surface area contributed by atoms with Crippen LogP contribution < -0.4 is 0 Å². The number of aliphatic hydroxyl groups is 1. The van der Waals surface area contributed by atoms with Crippen LogP contribution >= 0.6 is 0 Å². The second-order valence-electron chi connectivity index (χ2n) is 2.61. The van der Waals surface area contributed by atoms with Crippen LogP contribution in [0.1, 0.15) is 20.3 Å². The molecule has 0 spiro atoms. The van der Waals surface area contributed by atoms with Gasteiger partial charge in [-0.3, -0.25) is 0 Å². The van der Waals surface area contributed by atoms with Crippen molar-refractivity contribution < 1.29 is 5.11 Å². The normalized spacial score (nSPS) is 14.2. The molecule has 1 atom stereocenters. The molecule has 0 rings (SSSR count). The summed E-state index contributed by atoms with van der Waals surface area (Å²) in [6.45, 7) is 11.2. The van der Waals surface area contributed by atoms with Gasteiger partial charge in [0.05, 0.1) is 0 Å². The summed E-state index contributed by atoms with van der Waals surface area (Å²) in [5.74, 6) is 0.504. The molecule has 1 heteroatoms. The average Bonchev–Trinajstić information content (AvgIpc) is 1.98. The predicted molar refractivity (Wildman–Crippen MR) is 49.5 cm³/mol. The van der Waals surface area contributed by atoms with E-state index >= 15 is 0 Å². The van der Waals surface area contributed by atoms with Crippen LogP contribution in [0.3, 0.4) is 0 Å². The zero-order valence-electron chi connectivity index (χ0n) is 7.30. The summed E-state index contributed by atoms with van der Waals surface area (Å²) < 4.78 is 0. The summed E-state index contributed by atoms with van der Waals surface area (Å²) in [4.78, 5) is 0. The molecule has 0 fully saturated rings. The Bertz CT molecular complexity index is 177. The molecule has 0 saturated heterocycles. The molecule has 0 saturated carbocycles. The monoisotopic (exact) mass is 152 g/mol. The van der Waals surface area contributed by atoms with Crippen LogP contribution in [-0.2, 0) is 0 Å². The highest BCUT2D eigenvalue weighted by Crippen LogP contribution is 2.19. The first-order chi connectivity index (χ1) is 5.13.